The van der Waals surface area contributed by atoms with Gasteiger partial charge in [0, 0.05) is 12.1 Å². The van der Waals surface area contributed by atoms with Gasteiger partial charge in [-0.3, -0.25) is 14.9 Å². The highest BCUT2D eigenvalue weighted by molar-refractivity contribution is 7.80. The number of benzene rings is 2. The molecule has 0 aromatic heterocycles. The van der Waals surface area contributed by atoms with Gasteiger partial charge < -0.3 is 15.4 Å². The van der Waals surface area contributed by atoms with E-state index in [9.17, 15) is 14.4 Å². The third-order valence-electron chi connectivity index (χ3n) is 4.01. The molecule has 152 valence electrons. The van der Waals surface area contributed by atoms with Crippen molar-refractivity contribution in [3.63, 3.8) is 0 Å². The summed E-state index contributed by atoms with van der Waals surface area (Å²) in [6, 6.07) is 13.0. The molecule has 29 heavy (non-hydrogen) atoms. The maximum atomic E-state index is 12.4. The van der Waals surface area contributed by atoms with Crippen LogP contribution in [0.15, 0.2) is 48.5 Å². The van der Waals surface area contributed by atoms with Crippen LogP contribution in [-0.2, 0) is 4.74 Å². The maximum absolute atomic E-state index is 12.4. The summed E-state index contributed by atoms with van der Waals surface area (Å²) >= 11 is 5.21. The van der Waals surface area contributed by atoms with Crippen LogP contribution in [0, 0.1) is 0 Å². The van der Waals surface area contributed by atoms with Gasteiger partial charge in [-0.05, 0) is 49.0 Å². The second-order valence-corrected chi connectivity index (χ2v) is 6.54. The Hall–Kier alpha value is -3.26. The van der Waals surface area contributed by atoms with Crippen LogP contribution in [0.3, 0.4) is 0 Å². The van der Waals surface area contributed by atoms with Crippen molar-refractivity contribution >= 4 is 40.8 Å². The molecule has 0 atom stereocenters. The lowest BCUT2D eigenvalue weighted by Crippen LogP contribution is -2.35. The minimum atomic E-state index is -0.539. The lowest BCUT2D eigenvalue weighted by atomic mass is 10.1. The predicted octanol–water partition coefficient (Wildman–Crippen LogP) is 3.13. The molecule has 0 aliphatic heterocycles. The molecule has 3 N–H and O–H groups in total. The summed E-state index contributed by atoms with van der Waals surface area (Å²) in [4.78, 5) is 36.4. The molecule has 0 heterocycles. The van der Waals surface area contributed by atoms with Crippen molar-refractivity contribution in [3.8, 4) is 0 Å². The SMILES string of the molecule is CCCCNC(=O)c1ccccc1NC(=S)NC(=O)c1cccc(C(=O)OC)c1. The highest BCUT2D eigenvalue weighted by atomic mass is 32.1. The number of carbonyl (C=O) groups excluding carboxylic acids is 3. The van der Waals surface area contributed by atoms with Gasteiger partial charge >= 0.3 is 5.97 Å². The number of ether oxygens (including phenoxy) is 1. The summed E-state index contributed by atoms with van der Waals surface area (Å²) in [5.74, 6) is -1.25. The lowest BCUT2D eigenvalue weighted by Gasteiger charge is -2.13. The Labute approximate surface area is 174 Å². The Morgan fingerprint density at radius 1 is 1.00 bits per heavy atom. The summed E-state index contributed by atoms with van der Waals surface area (Å²) < 4.78 is 4.66. The average Bonchev–Trinajstić information content (AvgIpc) is 2.73. The maximum Gasteiger partial charge on any atom is 0.337 e. The molecule has 2 rings (SSSR count). The van der Waals surface area contributed by atoms with Gasteiger partial charge in [-0.2, -0.15) is 0 Å². The number of hydrogen-bond donors (Lipinski definition) is 3. The number of rotatable bonds is 7. The molecule has 0 aliphatic carbocycles. The molecule has 8 heteroatoms. The fraction of sp³-hybridized carbons (Fsp3) is 0.238. The van der Waals surface area contributed by atoms with Crippen molar-refractivity contribution in [2.45, 2.75) is 19.8 Å². The molecular weight excluding hydrogens is 390 g/mol. The van der Waals surface area contributed by atoms with Crippen molar-refractivity contribution in [1.29, 1.82) is 0 Å². The summed E-state index contributed by atoms with van der Waals surface area (Å²) in [5, 5.41) is 8.31. The minimum Gasteiger partial charge on any atom is -0.465 e. The molecule has 0 radical (unpaired) electrons. The molecular formula is C21H23N3O4S. The zero-order valence-electron chi connectivity index (χ0n) is 16.3. The first-order valence-corrected chi connectivity index (χ1v) is 9.55. The van der Waals surface area contributed by atoms with Crippen molar-refractivity contribution < 1.29 is 19.1 Å². The van der Waals surface area contributed by atoms with E-state index in [2.05, 4.69) is 20.7 Å². The number of para-hydroxylation sites is 1. The van der Waals surface area contributed by atoms with Crippen LogP contribution in [0.25, 0.3) is 0 Å². The van der Waals surface area contributed by atoms with E-state index in [0.717, 1.165) is 12.8 Å². The molecule has 0 unspecified atom stereocenters. The second kappa shape index (κ2) is 10.9. The van der Waals surface area contributed by atoms with E-state index in [0.29, 0.717) is 17.8 Å². The number of thiocarbonyl (C=S) groups is 1. The summed E-state index contributed by atoms with van der Waals surface area (Å²) in [7, 11) is 1.27. The van der Waals surface area contributed by atoms with Gasteiger partial charge in [0.15, 0.2) is 5.11 Å². The minimum absolute atomic E-state index is 0.0345. The normalized spacial score (nSPS) is 10.0. The molecule has 2 aromatic rings. The Morgan fingerprint density at radius 2 is 1.72 bits per heavy atom. The van der Waals surface area contributed by atoms with E-state index in [1.165, 1.54) is 13.2 Å². The fourth-order valence-electron chi connectivity index (χ4n) is 2.50. The first-order valence-electron chi connectivity index (χ1n) is 9.14. The number of methoxy groups -OCH3 is 1. The van der Waals surface area contributed by atoms with Crippen molar-refractivity contribution in [2.24, 2.45) is 0 Å². The first-order chi connectivity index (χ1) is 14.0. The topological polar surface area (TPSA) is 96.5 Å². The Morgan fingerprint density at radius 3 is 2.45 bits per heavy atom. The number of unbranched alkanes of at least 4 members (excludes halogenated alkanes) is 1. The zero-order valence-corrected chi connectivity index (χ0v) is 17.1. The number of carbonyl (C=O) groups is 3. The number of anilines is 1. The number of nitrogens with one attached hydrogen (secondary N) is 3. The van der Waals surface area contributed by atoms with Crippen molar-refractivity contribution in [1.82, 2.24) is 10.6 Å². The molecule has 7 nitrogen and oxygen atoms in total. The zero-order chi connectivity index (χ0) is 21.2. The van der Waals surface area contributed by atoms with Crippen molar-refractivity contribution in [2.75, 3.05) is 19.0 Å². The van der Waals surface area contributed by atoms with Crippen molar-refractivity contribution in [3.05, 3.63) is 65.2 Å². The Balaban J connectivity index is 2.05. The molecule has 0 bridgehead atoms. The van der Waals surface area contributed by atoms with Crippen LogP contribution in [0.4, 0.5) is 5.69 Å². The van der Waals surface area contributed by atoms with E-state index in [-0.39, 0.29) is 22.1 Å². The van der Waals surface area contributed by atoms with Gasteiger partial charge in [0.1, 0.15) is 0 Å². The monoisotopic (exact) mass is 413 g/mol. The standard InChI is InChI=1S/C21H23N3O4S/c1-3-4-12-22-19(26)16-10-5-6-11-17(16)23-21(29)24-18(25)14-8-7-9-15(13-14)20(27)28-2/h5-11,13H,3-4,12H2,1-2H3,(H,22,26)(H2,23,24,25,29). The Kier molecular flexibility index (Phi) is 8.29. The van der Waals surface area contributed by atoms with E-state index < -0.39 is 11.9 Å². The number of hydrogen-bond acceptors (Lipinski definition) is 5. The average molecular weight is 413 g/mol. The fourth-order valence-corrected chi connectivity index (χ4v) is 2.70. The third-order valence-corrected chi connectivity index (χ3v) is 4.21. The molecule has 0 aliphatic rings. The van der Waals surface area contributed by atoms with Gasteiger partial charge in [-0.15, -0.1) is 0 Å². The Bertz CT molecular complexity index is 914. The van der Waals surface area contributed by atoms with Crippen LogP contribution >= 0.6 is 12.2 Å². The molecule has 0 saturated carbocycles. The number of esters is 1. The smallest absolute Gasteiger partial charge is 0.337 e. The number of amides is 2. The highest BCUT2D eigenvalue weighted by Gasteiger charge is 2.14. The summed E-state index contributed by atoms with van der Waals surface area (Å²) in [6.07, 6.45) is 1.87. The van der Waals surface area contributed by atoms with E-state index in [1.54, 1.807) is 42.5 Å². The molecule has 2 aromatic carbocycles. The van der Waals surface area contributed by atoms with Crippen LogP contribution in [0.2, 0.25) is 0 Å². The molecule has 0 spiro atoms. The molecule has 0 saturated heterocycles. The summed E-state index contributed by atoms with van der Waals surface area (Å²) in [6.45, 7) is 2.63. The van der Waals surface area contributed by atoms with Crippen LogP contribution in [0.5, 0.6) is 0 Å². The van der Waals surface area contributed by atoms with Gasteiger partial charge in [0.25, 0.3) is 11.8 Å². The van der Waals surface area contributed by atoms with Crippen LogP contribution in [0.1, 0.15) is 50.8 Å². The van der Waals surface area contributed by atoms with E-state index >= 15 is 0 Å². The second-order valence-electron chi connectivity index (χ2n) is 6.14. The van der Waals surface area contributed by atoms with E-state index in [4.69, 9.17) is 12.2 Å². The first kappa shape index (κ1) is 22.0. The van der Waals surface area contributed by atoms with Crippen LogP contribution in [-0.4, -0.2) is 36.6 Å². The quantitative estimate of drug-likeness (QED) is 0.367. The summed E-state index contributed by atoms with van der Waals surface area (Å²) in [5.41, 5.74) is 1.42. The largest absolute Gasteiger partial charge is 0.465 e. The lowest BCUT2D eigenvalue weighted by molar-refractivity contribution is 0.0600. The highest BCUT2D eigenvalue weighted by Crippen LogP contribution is 2.15. The molecule has 2 amide bonds. The van der Waals surface area contributed by atoms with Gasteiger partial charge in [-0.1, -0.05) is 31.5 Å². The van der Waals surface area contributed by atoms with Crippen LogP contribution < -0.4 is 16.0 Å². The van der Waals surface area contributed by atoms with E-state index in [1.807, 2.05) is 6.92 Å². The third kappa shape index (κ3) is 6.39. The molecule has 0 fully saturated rings. The van der Waals surface area contributed by atoms with Gasteiger partial charge in [-0.25, -0.2) is 4.79 Å². The van der Waals surface area contributed by atoms with Gasteiger partial charge in [0.2, 0.25) is 0 Å². The van der Waals surface area contributed by atoms with Gasteiger partial charge in [0.05, 0.1) is 23.9 Å². The predicted molar refractivity (Wildman–Crippen MR) is 115 cm³/mol.